The van der Waals surface area contributed by atoms with E-state index in [1.807, 2.05) is 0 Å². The van der Waals surface area contributed by atoms with Gasteiger partial charge in [0.25, 0.3) is 17.2 Å². The molecule has 2 aromatic carbocycles. The molecule has 0 spiro atoms. The van der Waals surface area contributed by atoms with E-state index in [2.05, 4.69) is 5.43 Å². The van der Waals surface area contributed by atoms with Gasteiger partial charge in [-0.15, -0.1) is 0 Å². The van der Waals surface area contributed by atoms with Crippen molar-refractivity contribution < 1.29 is 14.5 Å². The molecule has 11 heteroatoms. The average molecular weight is 463 g/mol. The SMILES string of the molecule is COc1ccc(C(=O)Nn2cc3c(c2-c2ccc(C)c([N+](=O)[O-])c2)c(=O)n(C)c(=O)n3C)cc1. The second kappa shape index (κ2) is 8.35. The maximum absolute atomic E-state index is 13.1. The fourth-order valence-electron chi connectivity index (χ4n) is 3.78. The van der Waals surface area contributed by atoms with Gasteiger partial charge in [0, 0.05) is 36.9 Å². The molecular weight excluding hydrogens is 442 g/mol. The molecule has 4 aromatic rings. The number of hydrogen-bond acceptors (Lipinski definition) is 6. The van der Waals surface area contributed by atoms with Crippen LogP contribution in [0.5, 0.6) is 5.75 Å². The van der Waals surface area contributed by atoms with E-state index in [0.29, 0.717) is 22.4 Å². The van der Waals surface area contributed by atoms with Gasteiger partial charge >= 0.3 is 5.69 Å². The molecule has 1 amide bonds. The number of ether oxygens (including phenoxy) is 1. The molecule has 1 N–H and O–H groups in total. The molecule has 2 aromatic heterocycles. The van der Waals surface area contributed by atoms with Crippen molar-refractivity contribution in [2.24, 2.45) is 14.1 Å². The molecule has 34 heavy (non-hydrogen) atoms. The highest BCUT2D eigenvalue weighted by molar-refractivity contribution is 6.02. The molecule has 4 rings (SSSR count). The smallest absolute Gasteiger partial charge is 0.330 e. The summed E-state index contributed by atoms with van der Waals surface area (Å²) in [4.78, 5) is 49.6. The summed E-state index contributed by atoms with van der Waals surface area (Å²) in [7, 11) is 4.36. The molecule has 0 radical (unpaired) electrons. The molecule has 0 bridgehead atoms. The van der Waals surface area contributed by atoms with Crippen molar-refractivity contribution in [1.29, 1.82) is 0 Å². The van der Waals surface area contributed by atoms with Crippen LogP contribution in [-0.4, -0.2) is 31.8 Å². The lowest BCUT2D eigenvalue weighted by molar-refractivity contribution is -0.385. The van der Waals surface area contributed by atoms with Gasteiger partial charge in [0.1, 0.15) is 5.75 Å². The summed E-state index contributed by atoms with van der Waals surface area (Å²) in [5.74, 6) is 0.0852. The third kappa shape index (κ3) is 3.62. The van der Waals surface area contributed by atoms with Crippen molar-refractivity contribution in [3.63, 3.8) is 0 Å². The fraction of sp³-hybridized carbons (Fsp3) is 0.174. The Balaban J connectivity index is 1.97. The lowest BCUT2D eigenvalue weighted by Gasteiger charge is -2.12. The second-order valence-electron chi connectivity index (χ2n) is 7.74. The van der Waals surface area contributed by atoms with Crippen LogP contribution in [0.25, 0.3) is 22.2 Å². The van der Waals surface area contributed by atoms with E-state index in [1.165, 1.54) is 42.7 Å². The number of nitro groups is 1. The van der Waals surface area contributed by atoms with Gasteiger partial charge < -0.3 is 4.74 Å². The van der Waals surface area contributed by atoms with Crippen LogP contribution in [0.4, 0.5) is 5.69 Å². The Labute approximate surface area is 192 Å². The number of aryl methyl sites for hydroxylation is 2. The van der Waals surface area contributed by atoms with Crippen LogP contribution < -0.4 is 21.4 Å². The number of fused-ring (bicyclic) bond motifs is 1. The van der Waals surface area contributed by atoms with Gasteiger partial charge in [-0.3, -0.25) is 38.9 Å². The number of carbonyl (C=O) groups is 1. The largest absolute Gasteiger partial charge is 0.497 e. The number of nitro benzene ring substituents is 1. The van der Waals surface area contributed by atoms with Gasteiger partial charge in [-0.05, 0) is 31.2 Å². The Morgan fingerprint density at radius 2 is 1.74 bits per heavy atom. The first-order valence-corrected chi connectivity index (χ1v) is 10.2. The maximum atomic E-state index is 13.1. The molecule has 2 heterocycles. The minimum absolute atomic E-state index is 0.137. The Morgan fingerprint density at radius 3 is 2.35 bits per heavy atom. The predicted octanol–water partition coefficient (Wildman–Crippen LogP) is 2.31. The molecule has 0 saturated heterocycles. The molecule has 11 nitrogen and oxygen atoms in total. The van der Waals surface area contributed by atoms with Crippen molar-refractivity contribution in [3.05, 3.63) is 90.7 Å². The highest BCUT2D eigenvalue weighted by Gasteiger charge is 2.23. The van der Waals surface area contributed by atoms with E-state index in [-0.39, 0.29) is 22.3 Å². The Hall–Kier alpha value is -4.67. The van der Waals surface area contributed by atoms with Crippen LogP contribution in [0.1, 0.15) is 15.9 Å². The maximum Gasteiger partial charge on any atom is 0.330 e. The number of carbonyl (C=O) groups excluding carboxylic acids is 1. The summed E-state index contributed by atoms with van der Waals surface area (Å²) in [6.07, 6.45) is 1.45. The number of amides is 1. The van der Waals surface area contributed by atoms with Gasteiger partial charge in [-0.1, -0.05) is 12.1 Å². The summed E-state index contributed by atoms with van der Waals surface area (Å²) >= 11 is 0. The summed E-state index contributed by atoms with van der Waals surface area (Å²) in [6.45, 7) is 1.60. The van der Waals surface area contributed by atoms with E-state index < -0.39 is 22.1 Å². The van der Waals surface area contributed by atoms with Crippen LogP contribution in [0.15, 0.2) is 58.3 Å². The van der Waals surface area contributed by atoms with Gasteiger partial charge in [-0.2, -0.15) is 0 Å². The van der Waals surface area contributed by atoms with E-state index in [0.717, 1.165) is 4.57 Å². The van der Waals surface area contributed by atoms with Crippen molar-refractivity contribution in [3.8, 4) is 17.0 Å². The zero-order chi connectivity index (χ0) is 24.7. The normalized spacial score (nSPS) is 10.9. The van der Waals surface area contributed by atoms with Crippen molar-refractivity contribution in [2.45, 2.75) is 6.92 Å². The lowest BCUT2D eigenvalue weighted by Crippen LogP contribution is -2.36. The number of nitrogens with zero attached hydrogens (tertiary/aromatic N) is 4. The fourth-order valence-corrected chi connectivity index (χ4v) is 3.78. The number of nitrogens with one attached hydrogen (secondary N) is 1. The lowest BCUT2D eigenvalue weighted by atomic mass is 10.1. The van der Waals surface area contributed by atoms with E-state index in [9.17, 15) is 24.5 Å². The number of benzene rings is 2. The topological polar surface area (TPSA) is 130 Å². The molecule has 0 unspecified atom stereocenters. The first kappa shape index (κ1) is 22.5. The summed E-state index contributed by atoms with van der Waals surface area (Å²) in [5, 5.41) is 11.7. The van der Waals surface area contributed by atoms with Gasteiger partial charge in [-0.25, -0.2) is 4.79 Å². The quantitative estimate of drug-likeness (QED) is 0.357. The number of rotatable bonds is 5. The van der Waals surface area contributed by atoms with Crippen LogP contribution in [0.2, 0.25) is 0 Å². The van der Waals surface area contributed by atoms with Crippen molar-refractivity contribution >= 4 is 22.5 Å². The molecule has 0 atom stereocenters. The standard InChI is InChI=1S/C23H21N5O6/c1-13-5-6-15(11-17(13)28(32)33)20-19-18(25(2)23(31)26(3)22(19)30)12-27(20)24-21(29)14-7-9-16(34-4)10-8-14/h5-12H,1-4H3,(H,24,29). The molecular formula is C23H21N5O6. The third-order valence-corrected chi connectivity index (χ3v) is 5.69. The van der Waals surface area contributed by atoms with E-state index in [4.69, 9.17) is 4.74 Å². The molecule has 0 aliphatic carbocycles. The highest BCUT2D eigenvalue weighted by Crippen LogP contribution is 2.31. The monoisotopic (exact) mass is 463 g/mol. The van der Waals surface area contributed by atoms with Gasteiger partial charge in [0.2, 0.25) is 0 Å². The summed E-state index contributed by atoms with van der Waals surface area (Å²) in [5.41, 5.74) is 3.02. The average Bonchev–Trinajstić information content (AvgIpc) is 3.20. The molecule has 0 aliphatic rings. The molecule has 0 aliphatic heterocycles. The molecule has 174 valence electrons. The Kier molecular flexibility index (Phi) is 5.53. The third-order valence-electron chi connectivity index (χ3n) is 5.69. The van der Waals surface area contributed by atoms with E-state index >= 15 is 0 Å². The Morgan fingerprint density at radius 1 is 1.06 bits per heavy atom. The second-order valence-corrected chi connectivity index (χ2v) is 7.74. The number of aromatic nitrogens is 3. The van der Waals surface area contributed by atoms with Gasteiger partial charge in [0.15, 0.2) is 0 Å². The van der Waals surface area contributed by atoms with Crippen LogP contribution in [0, 0.1) is 17.0 Å². The van der Waals surface area contributed by atoms with E-state index in [1.54, 1.807) is 43.3 Å². The zero-order valence-corrected chi connectivity index (χ0v) is 18.9. The minimum Gasteiger partial charge on any atom is -0.497 e. The molecule has 0 saturated carbocycles. The van der Waals surface area contributed by atoms with Crippen molar-refractivity contribution in [1.82, 2.24) is 13.8 Å². The number of hydrogen-bond donors (Lipinski definition) is 1. The molecule has 0 fully saturated rings. The van der Waals surface area contributed by atoms with Gasteiger partial charge in [0.05, 0.1) is 34.8 Å². The first-order chi connectivity index (χ1) is 16.1. The first-order valence-electron chi connectivity index (χ1n) is 10.2. The Bertz CT molecular complexity index is 1580. The number of methoxy groups -OCH3 is 1. The zero-order valence-electron chi connectivity index (χ0n) is 18.9. The van der Waals surface area contributed by atoms with Crippen LogP contribution in [0.3, 0.4) is 0 Å². The van der Waals surface area contributed by atoms with Crippen LogP contribution in [-0.2, 0) is 14.1 Å². The van der Waals surface area contributed by atoms with Crippen LogP contribution >= 0.6 is 0 Å². The summed E-state index contributed by atoms with van der Waals surface area (Å²) < 4.78 is 8.65. The highest BCUT2D eigenvalue weighted by atomic mass is 16.6. The predicted molar refractivity (Wildman–Crippen MR) is 126 cm³/mol. The minimum atomic E-state index is -0.589. The van der Waals surface area contributed by atoms with Crippen molar-refractivity contribution in [2.75, 3.05) is 12.5 Å². The summed E-state index contributed by atoms with van der Waals surface area (Å²) in [6, 6.07) is 10.9.